The van der Waals surface area contributed by atoms with Crippen LogP contribution in [0.2, 0.25) is 0 Å². The van der Waals surface area contributed by atoms with Crippen LogP contribution in [-0.2, 0) is 33.4 Å². The van der Waals surface area contributed by atoms with Gasteiger partial charge in [0.15, 0.2) is 11.6 Å². The molecule has 0 aliphatic carbocycles. The highest BCUT2D eigenvalue weighted by Gasteiger charge is 2.61. The van der Waals surface area contributed by atoms with Crippen molar-refractivity contribution in [2.24, 2.45) is 53.3 Å². The quantitative estimate of drug-likeness (QED) is 0.221. The van der Waals surface area contributed by atoms with E-state index in [9.17, 15) is 49.8 Å². The van der Waals surface area contributed by atoms with E-state index in [2.05, 4.69) is 0 Å². The summed E-state index contributed by atoms with van der Waals surface area (Å²) in [5.41, 5.74) is -2.37. The van der Waals surface area contributed by atoms with Crippen molar-refractivity contribution in [1.29, 1.82) is 0 Å². The van der Waals surface area contributed by atoms with Crippen LogP contribution in [0.3, 0.4) is 0 Å². The first-order valence-electron chi connectivity index (χ1n) is 21.3. The Morgan fingerprint density at radius 1 is 0.879 bits per heavy atom. The van der Waals surface area contributed by atoms with Crippen LogP contribution in [-0.4, -0.2) is 115 Å². The van der Waals surface area contributed by atoms with Crippen molar-refractivity contribution < 1.29 is 64.0 Å². The van der Waals surface area contributed by atoms with E-state index in [4.69, 9.17) is 14.2 Å². The zero-order chi connectivity index (χ0) is 43.9. The molecule has 58 heavy (non-hydrogen) atoms. The van der Waals surface area contributed by atoms with Crippen LogP contribution in [0, 0.1) is 53.3 Å². The molecule has 13 heteroatoms. The Labute approximate surface area is 344 Å². The van der Waals surface area contributed by atoms with Crippen molar-refractivity contribution in [3.8, 4) is 0 Å². The van der Waals surface area contributed by atoms with Gasteiger partial charge in [-0.05, 0) is 57.8 Å². The third kappa shape index (κ3) is 11.4. The van der Waals surface area contributed by atoms with Gasteiger partial charge in [-0.25, -0.2) is 4.79 Å². The summed E-state index contributed by atoms with van der Waals surface area (Å²) in [5.74, 6) is -10.4. The third-order valence-electron chi connectivity index (χ3n) is 13.3. The van der Waals surface area contributed by atoms with E-state index in [1.807, 2.05) is 32.9 Å². The highest BCUT2D eigenvalue weighted by atomic mass is 16.7. The van der Waals surface area contributed by atoms with E-state index in [0.717, 1.165) is 13.3 Å². The number of hydrogen-bond donors (Lipinski definition) is 6. The largest absolute Gasteiger partial charge is 0.458 e. The number of allylic oxidation sites excluding steroid dienone is 4. The van der Waals surface area contributed by atoms with Gasteiger partial charge in [-0.3, -0.25) is 14.4 Å². The van der Waals surface area contributed by atoms with Crippen molar-refractivity contribution in [3.05, 3.63) is 36.5 Å². The molecule has 0 aromatic carbocycles. The van der Waals surface area contributed by atoms with E-state index >= 15 is 0 Å². The molecule has 6 N–H and O–H groups in total. The highest BCUT2D eigenvalue weighted by molar-refractivity contribution is 5.91. The molecular formula is C45H72O13. The second-order valence-corrected chi connectivity index (χ2v) is 17.9. The molecule has 0 amide bonds. The Balaban J connectivity index is 2.04. The SMILES string of the molecule is CC[C@H]1/C=C\C=C/C[C@@H](CO)[C@H](O)[C@@](C)(O)C(=O)[C@@H](C)[C@H](O)[C@@H](C)C(=O)[C@@H](C)[C@H](O)[C@@H](C)/C=C\C(=O)O[C@@H]2[C@H](C)[C@H](CC1)O[C@@]1(O[C@@H](C[C@@H](C)O)[C@@H](C)CC1=O)[C@H]2C. The Hall–Kier alpha value is -2.62. The predicted octanol–water partition coefficient (Wildman–Crippen LogP) is 4.03. The number of hydrogen-bond acceptors (Lipinski definition) is 13. The lowest BCUT2D eigenvalue weighted by Gasteiger charge is -2.54. The van der Waals surface area contributed by atoms with Crippen molar-refractivity contribution in [2.45, 2.75) is 162 Å². The standard InChI is InChI=1S/C45H72O13/c1-11-32-15-13-12-14-16-33(23-46)43(54)44(10,55)42(53)30(8)40(52)29(7)39(51)28(6)38(50)24(2)17-20-37(49)56-41-27(5)34(19-18-32)57-45(31(41)9)36(48)21-25(3)35(58-45)22-26(4)47/h12-15,17,20,24-35,38,40-41,43,46-47,50,52,54-55H,11,16,18-19,21-23H2,1-10H3/b14-12-,15-13-,20-17-/t24-,25-,26+,27+,28-,29-,30-,31-,32-,33-,34-,35-,38+,40+,41+,43-,44-,45+/m0/s1. The highest BCUT2D eigenvalue weighted by Crippen LogP contribution is 2.47. The molecule has 3 aliphatic rings. The van der Waals surface area contributed by atoms with Gasteiger partial charge in [-0.2, -0.15) is 0 Å². The lowest BCUT2D eigenvalue weighted by molar-refractivity contribution is -0.344. The molecule has 1 spiro atoms. The summed E-state index contributed by atoms with van der Waals surface area (Å²) in [4.78, 5) is 54.6. The van der Waals surface area contributed by atoms with Crippen LogP contribution < -0.4 is 0 Å². The number of esters is 1. The van der Waals surface area contributed by atoms with Gasteiger partial charge < -0.3 is 44.8 Å². The van der Waals surface area contributed by atoms with Crippen LogP contribution in [0.5, 0.6) is 0 Å². The van der Waals surface area contributed by atoms with Gasteiger partial charge in [0.2, 0.25) is 5.79 Å². The zero-order valence-electron chi connectivity index (χ0n) is 36.2. The van der Waals surface area contributed by atoms with Crippen LogP contribution in [0.15, 0.2) is 36.5 Å². The summed E-state index contributed by atoms with van der Waals surface area (Å²) in [7, 11) is 0. The molecule has 3 rings (SSSR count). The van der Waals surface area contributed by atoms with Gasteiger partial charge in [-0.15, -0.1) is 0 Å². The summed E-state index contributed by atoms with van der Waals surface area (Å²) < 4.78 is 19.4. The summed E-state index contributed by atoms with van der Waals surface area (Å²) in [6.45, 7) is 15.8. The second-order valence-electron chi connectivity index (χ2n) is 17.9. The lowest BCUT2D eigenvalue weighted by Crippen LogP contribution is -2.66. The fraction of sp³-hybridized carbons (Fsp3) is 0.778. The lowest BCUT2D eigenvalue weighted by atomic mass is 9.74. The molecule has 0 unspecified atom stereocenters. The molecule has 3 aliphatic heterocycles. The van der Waals surface area contributed by atoms with Crippen LogP contribution in [0.25, 0.3) is 0 Å². The Bertz CT molecular complexity index is 1490. The number of fused-ring (bicyclic) bond motifs is 2. The smallest absolute Gasteiger partial charge is 0.330 e. The molecule has 2 bridgehead atoms. The maximum atomic E-state index is 14.0. The number of ether oxygens (including phenoxy) is 3. The average molecular weight is 821 g/mol. The van der Waals surface area contributed by atoms with Crippen molar-refractivity contribution in [3.63, 3.8) is 0 Å². The fourth-order valence-corrected chi connectivity index (χ4v) is 8.95. The van der Waals surface area contributed by atoms with Crippen LogP contribution >= 0.6 is 0 Å². The maximum Gasteiger partial charge on any atom is 0.330 e. The van der Waals surface area contributed by atoms with Gasteiger partial charge in [0.25, 0.3) is 0 Å². The van der Waals surface area contributed by atoms with E-state index in [-0.39, 0.29) is 36.4 Å². The first kappa shape index (κ1) is 49.7. The molecule has 2 saturated heterocycles. The number of Topliss-reactive ketones (excluding diaryl/α,β-unsaturated/α-hetero) is 3. The maximum absolute atomic E-state index is 14.0. The molecule has 2 fully saturated rings. The number of aliphatic hydroxyl groups is 6. The number of carbonyl (C=O) groups is 4. The van der Waals surface area contributed by atoms with Gasteiger partial charge in [0.1, 0.15) is 17.5 Å². The molecular weight excluding hydrogens is 748 g/mol. The Kier molecular flexibility index (Phi) is 18.2. The minimum absolute atomic E-state index is 0.0827. The first-order valence-corrected chi connectivity index (χ1v) is 21.3. The van der Waals surface area contributed by atoms with Crippen LogP contribution in [0.4, 0.5) is 0 Å². The number of aliphatic hydroxyl groups excluding tert-OH is 5. The molecule has 0 saturated carbocycles. The van der Waals surface area contributed by atoms with Crippen LogP contribution in [0.1, 0.15) is 108 Å². The summed E-state index contributed by atoms with van der Waals surface area (Å²) in [6.07, 6.45) is 5.39. The normalized spacial score (nSPS) is 45.6. The minimum atomic E-state index is -2.37. The van der Waals surface area contributed by atoms with E-state index in [0.29, 0.717) is 19.3 Å². The van der Waals surface area contributed by atoms with Gasteiger partial charge in [0.05, 0.1) is 42.5 Å². The number of carbonyl (C=O) groups excluding carboxylic acids is 4. The molecule has 0 aromatic rings. The monoisotopic (exact) mass is 820 g/mol. The van der Waals surface area contributed by atoms with Gasteiger partial charge in [0, 0.05) is 54.6 Å². The average Bonchev–Trinajstić information content (AvgIpc) is 3.18. The van der Waals surface area contributed by atoms with E-state index < -0.39 is 114 Å². The third-order valence-corrected chi connectivity index (χ3v) is 13.3. The predicted molar refractivity (Wildman–Crippen MR) is 217 cm³/mol. The molecule has 3 heterocycles. The van der Waals surface area contributed by atoms with E-state index in [1.54, 1.807) is 32.9 Å². The molecule has 0 aromatic heterocycles. The first-order chi connectivity index (χ1) is 27.0. The molecule has 18 atom stereocenters. The summed E-state index contributed by atoms with van der Waals surface area (Å²) in [5, 5.41) is 65.2. The minimum Gasteiger partial charge on any atom is -0.458 e. The summed E-state index contributed by atoms with van der Waals surface area (Å²) >= 11 is 0. The molecule has 13 nitrogen and oxygen atoms in total. The molecule has 330 valence electrons. The van der Waals surface area contributed by atoms with Gasteiger partial charge in [-0.1, -0.05) is 85.8 Å². The zero-order valence-corrected chi connectivity index (χ0v) is 36.2. The van der Waals surface area contributed by atoms with E-state index in [1.165, 1.54) is 32.9 Å². The van der Waals surface area contributed by atoms with Gasteiger partial charge >= 0.3 is 5.97 Å². The number of ketones is 3. The fourth-order valence-electron chi connectivity index (χ4n) is 8.95. The second kappa shape index (κ2) is 21.3. The summed E-state index contributed by atoms with van der Waals surface area (Å²) in [6, 6.07) is 0. The Morgan fingerprint density at radius 2 is 1.52 bits per heavy atom. The molecule has 0 radical (unpaired) electrons. The number of rotatable bonds is 4. The topological polar surface area (TPSA) is 217 Å². The van der Waals surface area contributed by atoms with Crippen molar-refractivity contribution in [2.75, 3.05) is 6.61 Å². The van der Waals surface area contributed by atoms with Crippen molar-refractivity contribution >= 4 is 23.3 Å². The van der Waals surface area contributed by atoms with Crippen molar-refractivity contribution in [1.82, 2.24) is 0 Å². The Morgan fingerprint density at radius 3 is 2.12 bits per heavy atom.